The second-order valence-corrected chi connectivity index (χ2v) is 10.6. The fourth-order valence-corrected chi connectivity index (χ4v) is 7.74. The van der Waals surface area contributed by atoms with Gasteiger partial charge in [-0.2, -0.15) is 0 Å². The van der Waals surface area contributed by atoms with Gasteiger partial charge in [0, 0.05) is 24.7 Å². The van der Waals surface area contributed by atoms with E-state index >= 15 is 0 Å². The Hall–Kier alpha value is -1.88. The van der Waals surface area contributed by atoms with Gasteiger partial charge in [0.15, 0.2) is 0 Å². The normalized spacial score (nSPS) is 39.8. The van der Waals surface area contributed by atoms with Gasteiger partial charge >= 0.3 is 0 Å². The largest absolute Gasteiger partial charge is 0.492 e. The molecule has 2 heterocycles. The maximum Gasteiger partial charge on any atom is 0.248 e. The quantitative estimate of drug-likeness (QED) is 0.713. The molecule has 0 bridgehead atoms. The van der Waals surface area contributed by atoms with Crippen molar-refractivity contribution in [2.75, 3.05) is 26.9 Å². The molecule has 0 radical (unpaired) electrons. The Morgan fingerprint density at radius 3 is 2.87 bits per heavy atom. The lowest BCUT2D eigenvalue weighted by Crippen LogP contribution is -2.58. The number of carbonyl (C=O) groups is 1. The first-order valence-corrected chi connectivity index (χ1v) is 12.0. The highest BCUT2D eigenvalue weighted by molar-refractivity contribution is 5.78. The SMILES string of the molecule is CCOc1cncc(C2=CCC3C4CCC5N(C)C(=O)COCC5(C)C4CCC23C)c1. The Morgan fingerprint density at radius 2 is 2.06 bits per heavy atom. The van der Waals surface area contributed by atoms with Crippen LogP contribution in [0.25, 0.3) is 5.57 Å². The number of hydrogen-bond donors (Lipinski definition) is 0. The third-order valence-electron chi connectivity index (χ3n) is 9.23. The Labute approximate surface area is 186 Å². The molecule has 5 heteroatoms. The molecule has 0 spiro atoms. The molecule has 0 aromatic carbocycles. The third kappa shape index (κ3) is 3.14. The number of allylic oxidation sites excluding steroid dienone is 2. The van der Waals surface area contributed by atoms with Crippen molar-refractivity contribution in [3.63, 3.8) is 0 Å². The summed E-state index contributed by atoms with van der Waals surface area (Å²) in [6, 6.07) is 2.47. The van der Waals surface area contributed by atoms with Gasteiger partial charge in [0.25, 0.3) is 0 Å². The number of rotatable bonds is 3. The summed E-state index contributed by atoms with van der Waals surface area (Å²) in [5.41, 5.74) is 2.91. The van der Waals surface area contributed by atoms with Crippen LogP contribution in [-0.2, 0) is 9.53 Å². The van der Waals surface area contributed by atoms with Crippen LogP contribution in [0.15, 0.2) is 24.5 Å². The van der Waals surface area contributed by atoms with Crippen LogP contribution < -0.4 is 4.74 Å². The zero-order chi connectivity index (χ0) is 21.8. The van der Waals surface area contributed by atoms with Crippen molar-refractivity contribution in [1.82, 2.24) is 9.88 Å². The summed E-state index contributed by atoms with van der Waals surface area (Å²) in [5.74, 6) is 2.94. The Morgan fingerprint density at radius 1 is 1.23 bits per heavy atom. The Kier molecular flexibility index (Phi) is 5.16. The van der Waals surface area contributed by atoms with E-state index in [1.54, 1.807) is 0 Å². The van der Waals surface area contributed by atoms with Crippen molar-refractivity contribution in [2.45, 2.75) is 58.9 Å². The van der Waals surface area contributed by atoms with Crippen LogP contribution in [0.2, 0.25) is 0 Å². The summed E-state index contributed by atoms with van der Waals surface area (Å²) in [7, 11) is 1.99. The molecule has 2 saturated carbocycles. The molecule has 168 valence electrons. The van der Waals surface area contributed by atoms with Crippen LogP contribution in [0, 0.1) is 28.6 Å². The lowest BCUT2D eigenvalue weighted by Gasteiger charge is -2.59. The summed E-state index contributed by atoms with van der Waals surface area (Å²) in [6.07, 6.45) is 12.1. The molecule has 1 aromatic rings. The number of aromatic nitrogens is 1. The van der Waals surface area contributed by atoms with Crippen LogP contribution in [0.4, 0.5) is 0 Å². The van der Waals surface area contributed by atoms with Crippen molar-refractivity contribution in [3.05, 3.63) is 30.1 Å². The van der Waals surface area contributed by atoms with Gasteiger partial charge < -0.3 is 14.4 Å². The van der Waals surface area contributed by atoms with Crippen molar-refractivity contribution in [3.8, 4) is 5.75 Å². The molecule has 1 aromatic heterocycles. The number of fused-ring (bicyclic) bond motifs is 5. The summed E-state index contributed by atoms with van der Waals surface area (Å²) in [6.45, 7) is 8.49. The average Bonchev–Trinajstić information content (AvgIpc) is 3.06. The average molecular weight is 425 g/mol. The molecule has 31 heavy (non-hydrogen) atoms. The van der Waals surface area contributed by atoms with Crippen LogP contribution >= 0.6 is 0 Å². The maximum absolute atomic E-state index is 12.5. The van der Waals surface area contributed by atoms with E-state index in [-0.39, 0.29) is 23.3 Å². The fraction of sp³-hybridized carbons (Fsp3) is 0.692. The molecule has 4 aliphatic rings. The van der Waals surface area contributed by atoms with Crippen molar-refractivity contribution < 1.29 is 14.3 Å². The van der Waals surface area contributed by atoms with Gasteiger partial charge in [0.1, 0.15) is 12.4 Å². The molecule has 1 aliphatic heterocycles. The van der Waals surface area contributed by atoms with Crippen molar-refractivity contribution in [1.29, 1.82) is 0 Å². The number of nitrogens with zero attached hydrogens (tertiary/aromatic N) is 2. The van der Waals surface area contributed by atoms with E-state index in [0.717, 1.165) is 18.6 Å². The first-order valence-electron chi connectivity index (χ1n) is 12.0. The summed E-state index contributed by atoms with van der Waals surface area (Å²) >= 11 is 0. The third-order valence-corrected chi connectivity index (χ3v) is 9.23. The zero-order valence-electron chi connectivity index (χ0n) is 19.4. The number of amides is 1. The molecule has 3 aliphatic carbocycles. The summed E-state index contributed by atoms with van der Waals surface area (Å²) < 4.78 is 11.7. The van der Waals surface area contributed by atoms with Gasteiger partial charge in [0.05, 0.1) is 19.4 Å². The Bertz CT molecular complexity index is 898. The minimum Gasteiger partial charge on any atom is -0.492 e. The van der Waals surface area contributed by atoms with E-state index in [4.69, 9.17) is 9.47 Å². The smallest absolute Gasteiger partial charge is 0.248 e. The number of pyridine rings is 1. The molecular formula is C26H36N2O3. The highest BCUT2D eigenvalue weighted by Crippen LogP contribution is 2.65. The Balaban J connectivity index is 1.43. The lowest BCUT2D eigenvalue weighted by molar-refractivity contribution is -0.137. The van der Waals surface area contributed by atoms with E-state index in [9.17, 15) is 4.79 Å². The van der Waals surface area contributed by atoms with E-state index in [1.165, 1.54) is 30.4 Å². The lowest BCUT2D eigenvalue weighted by atomic mass is 9.48. The van der Waals surface area contributed by atoms with E-state index in [1.807, 2.05) is 31.3 Å². The molecule has 5 rings (SSSR count). The van der Waals surface area contributed by atoms with Gasteiger partial charge in [-0.25, -0.2) is 0 Å². The molecule has 1 saturated heterocycles. The van der Waals surface area contributed by atoms with Gasteiger partial charge in [-0.15, -0.1) is 0 Å². The number of hydrogen-bond acceptors (Lipinski definition) is 4. The first-order chi connectivity index (χ1) is 14.9. The van der Waals surface area contributed by atoms with E-state index < -0.39 is 0 Å². The minimum absolute atomic E-state index is 0.0460. The number of carbonyl (C=O) groups excluding carboxylic acids is 1. The van der Waals surface area contributed by atoms with Gasteiger partial charge in [-0.3, -0.25) is 9.78 Å². The standard InChI is InChI=1S/C26H36N2O3/c1-5-31-18-12-17(13-27-14-18)20-7-8-21-19-6-9-23-26(3,16-30-15-24(29)28(23)4)22(19)10-11-25(20,21)2/h7,12-14,19,21-23H,5-6,8-11,15-16H2,1-4H3. The second-order valence-electron chi connectivity index (χ2n) is 10.6. The summed E-state index contributed by atoms with van der Waals surface area (Å²) in [5, 5.41) is 0. The van der Waals surface area contributed by atoms with Crippen LogP contribution in [0.3, 0.4) is 0 Å². The van der Waals surface area contributed by atoms with E-state index in [0.29, 0.717) is 37.0 Å². The fourth-order valence-electron chi connectivity index (χ4n) is 7.74. The van der Waals surface area contributed by atoms with Crippen molar-refractivity contribution in [2.24, 2.45) is 28.6 Å². The van der Waals surface area contributed by atoms with Gasteiger partial charge in [-0.05, 0) is 79.4 Å². The highest BCUT2D eigenvalue weighted by atomic mass is 16.5. The van der Waals surface area contributed by atoms with Gasteiger partial charge in [-0.1, -0.05) is 19.9 Å². The van der Waals surface area contributed by atoms with Gasteiger partial charge in [0.2, 0.25) is 5.91 Å². The predicted octanol–water partition coefficient (Wildman–Crippen LogP) is 4.57. The van der Waals surface area contributed by atoms with Crippen LogP contribution in [-0.4, -0.2) is 48.7 Å². The zero-order valence-corrected chi connectivity index (χ0v) is 19.4. The molecule has 6 atom stereocenters. The number of likely N-dealkylation sites (N-methyl/N-ethyl adjacent to an activating group) is 1. The minimum atomic E-state index is 0.0460. The van der Waals surface area contributed by atoms with E-state index in [2.05, 4.69) is 31.0 Å². The number of ether oxygens (including phenoxy) is 2. The molecular weight excluding hydrogens is 388 g/mol. The molecule has 6 unspecified atom stereocenters. The molecule has 1 amide bonds. The highest BCUT2D eigenvalue weighted by Gasteiger charge is 2.59. The molecule has 3 fully saturated rings. The van der Waals surface area contributed by atoms with Crippen LogP contribution in [0.1, 0.15) is 58.4 Å². The predicted molar refractivity (Wildman–Crippen MR) is 121 cm³/mol. The second kappa shape index (κ2) is 7.61. The monoisotopic (exact) mass is 424 g/mol. The van der Waals surface area contributed by atoms with Crippen LogP contribution in [0.5, 0.6) is 5.75 Å². The molecule has 0 N–H and O–H groups in total. The molecule has 5 nitrogen and oxygen atoms in total. The first kappa shape index (κ1) is 21.0. The topological polar surface area (TPSA) is 51.7 Å². The maximum atomic E-state index is 12.5. The van der Waals surface area contributed by atoms with Crippen molar-refractivity contribution >= 4 is 11.5 Å². The summed E-state index contributed by atoms with van der Waals surface area (Å²) in [4.78, 5) is 18.9.